The maximum atomic E-state index is 12.7. The number of sulfonamides is 1. The van der Waals surface area contributed by atoms with E-state index in [2.05, 4.69) is 20.6 Å². The number of fused-ring (bicyclic) bond motifs is 1. The number of methoxy groups -OCH3 is 1. The van der Waals surface area contributed by atoms with E-state index >= 15 is 0 Å². The average molecular weight is 499 g/mol. The van der Waals surface area contributed by atoms with Gasteiger partial charge in [-0.2, -0.15) is 0 Å². The average Bonchev–Trinajstić information content (AvgIpc) is 3.26. The van der Waals surface area contributed by atoms with Crippen LogP contribution in [0.4, 0.5) is 5.69 Å². The Morgan fingerprint density at radius 2 is 1.65 bits per heavy atom. The molecular formula is C23H19ClN4O5S. The quantitative estimate of drug-likeness (QED) is 0.301. The van der Waals surface area contributed by atoms with Crippen molar-refractivity contribution in [1.29, 1.82) is 0 Å². The van der Waals surface area contributed by atoms with Crippen LogP contribution in [0.2, 0.25) is 5.02 Å². The third-order valence-corrected chi connectivity index (χ3v) is 6.48. The lowest BCUT2D eigenvalue weighted by molar-refractivity contribution is 0.0844. The first-order valence-corrected chi connectivity index (χ1v) is 11.8. The monoisotopic (exact) mass is 498 g/mol. The van der Waals surface area contributed by atoms with Crippen LogP contribution in [-0.4, -0.2) is 32.3 Å². The van der Waals surface area contributed by atoms with E-state index in [4.69, 9.17) is 16.3 Å². The second-order valence-electron chi connectivity index (χ2n) is 7.18. The summed E-state index contributed by atoms with van der Waals surface area (Å²) in [6.07, 6.45) is 0. The van der Waals surface area contributed by atoms with Gasteiger partial charge < -0.3 is 9.72 Å². The third-order valence-electron chi connectivity index (χ3n) is 4.87. The maximum absolute atomic E-state index is 12.7. The molecule has 0 bridgehead atoms. The van der Waals surface area contributed by atoms with E-state index in [0.717, 1.165) is 5.39 Å². The van der Waals surface area contributed by atoms with Gasteiger partial charge in [0.25, 0.3) is 21.8 Å². The summed E-state index contributed by atoms with van der Waals surface area (Å²) < 4.78 is 33.0. The first-order valence-electron chi connectivity index (χ1n) is 9.91. The predicted octanol–water partition coefficient (Wildman–Crippen LogP) is 3.71. The molecule has 2 amide bonds. The standard InChI is InChI=1S/C23H19ClN4O5S/c1-33-18-8-6-17(7-9-18)28-34(31,32)19-4-2-3-14(12-19)22(29)26-27-23(30)21-13-15-11-16(24)5-10-20(15)25-21/h2-13,25,28H,1H3,(H,26,29)(H,27,30). The number of carbonyl (C=O) groups excluding carboxylic acids is 2. The summed E-state index contributed by atoms with van der Waals surface area (Å²) in [5.41, 5.74) is 5.89. The molecule has 0 unspecified atom stereocenters. The van der Waals surface area contributed by atoms with Crippen molar-refractivity contribution >= 4 is 50.0 Å². The van der Waals surface area contributed by atoms with Gasteiger partial charge in [0.1, 0.15) is 11.4 Å². The van der Waals surface area contributed by atoms with Gasteiger partial charge in [-0.1, -0.05) is 17.7 Å². The minimum Gasteiger partial charge on any atom is -0.497 e. The summed E-state index contributed by atoms with van der Waals surface area (Å²) in [7, 11) is -2.45. The second kappa shape index (κ2) is 9.46. The fraction of sp³-hybridized carbons (Fsp3) is 0.0435. The number of rotatable bonds is 6. The van der Waals surface area contributed by atoms with Crippen LogP contribution in [0.1, 0.15) is 20.8 Å². The molecule has 0 spiro atoms. The first kappa shape index (κ1) is 23.1. The van der Waals surface area contributed by atoms with Crippen LogP contribution in [0.5, 0.6) is 5.75 Å². The number of nitrogens with one attached hydrogen (secondary N) is 4. The van der Waals surface area contributed by atoms with Gasteiger partial charge in [0.15, 0.2) is 0 Å². The number of amides is 2. The Labute approximate surface area is 200 Å². The Kier molecular flexibility index (Phi) is 6.44. The summed E-state index contributed by atoms with van der Waals surface area (Å²) in [5, 5.41) is 1.27. The van der Waals surface area contributed by atoms with Crippen molar-refractivity contribution in [3.63, 3.8) is 0 Å². The van der Waals surface area contributed by atoms with Gasteiger partial charge >= 0.3 is 0 Å². The molecule has 0 aliphatic carbocycles. The molecule has 11 heteroatoms. The third kappa shape index (κ3) is 5.13. The van der Waals surface area contributed by atoms with Crippen molar-refractivity contribution < 1.29 is 22.7 Å². The van der Waals surface area contributed by atoms with Gasteiger partial charge in [0.2, 0.25) is 0 Å². The number of carbonyl (C=O) groups is 2. The number of anilines is 1. The minimum atomic E-state index is -3.96. The number of hydrazine groups is 1. The summed E-state index contributed by atoms with van der Waals surface area (Å²) in [4.78, 5) is 27.7. The molecule has 0 aliphatic heterocycles. The Bertz CT molecular complexity index is 1480. The van der Waals surface area contributed by atoms with E-state index in [0.29, 0.717) is 22.0 Å². The molecule has 34 heavy (non-hydrogen) atoms. The molecule has 4 aromatic rings. The highest BCUT2D eigenvalue weighted by molar-refractivity contribution is 7.92. The van der Waals surface area contributed by atoms with E-state index in [1.807, 2.05) is 0 Å². The van der Waals surface area contributed by atoms with Crippen LogP contribution >= 0.6 is 11.6 Å². The fourth-order valence-corrected chi connectivity index (χ4v) is 4.44. The first-order chi connectivity index (χ1) is 16.2. The highest BCUT2D eigenvalue weighted by Crippen LogP contribution is 2.21. The van der Waals surface area contributed by atoms with Crippen LogP contribution in [0.25, 0.3) is 10.9 Å². The van der Waals surface area contributed by atoms with Crippen molar-refractivity contribution in [2.45, 2.75) is 4.90 Å². The molecule has 9 nitrogen and oxygen atoms in total. The zero-order valence-corrected chi connectivity index (χ0v) is 19.3. The van der Waals surface area contributed by atoms with Crippen molar-refractivity contribution in [2.75, 3.05) is 11.8 Å². The van der Waals surface area contributed by atoms with Crippen molar-refractivity contribution in [3.8, 4) is 5.75 Å². The largest absolute Gasteiger partial charge is 0.497 e. The van der Waals surface area contributed by atoms with Crippen molar-refractivity contribution in [2.24, 2.45) is 0 Å². The van der Waals surface area contributed by atoms with Crippen molar-refractivity contribution in [1.82, 2.24) is 15.8 Å². The highest BCUT2D eigenvalue weighted by atomic mass is 35.5. The maximum Gasteiger partial charge on any atom is 0.286 e. The van der Waals surface area contributed by atoms with Gasteiger partial charge in [-0.3, -0.25) is 25.2 Å². The Morgan fingerprint density at radius 1 is 0.912 bits per heavy atom. The molecule has 0 atom stereocenters. The summed E-state index contributed by atoms with van der Waals surface area (Å²) in [6.45, 7) is 0. The molecule has 0 aliphatic rings. The smallest absolute Gasteiger partial charge is 0.286 e. The van der Waals surface area contributed by atoms with Crippen LogP contribution in [0, 0.1) is 0 Å². The molecular weight excluding hydrogens is 480 g/mol. The number of halogens is 1. The fourth-order valence-electron chi connectivity index (χ4n) is 3.16. The molecule has 4 N–H and O–H groups in total. The molecule has 0 saturated carbocycles. The van der Waals surface area contributed by atoms with Crippen LogP contribution in [-0.2, 0) is 10.0 Å². The van der Waals surface area contributed by atoms with E-state index in [9.17, 15) is 18.0 Å². The lowest BCUT2D eigenvalue weighted by Gasteiger charge is -2.10. The zero-order chi connectivity index (χ0) is 24.3. The SMILES string of the molecule is COc1ccc(NS(=O)(=O)c2cccc(C(=O)NNC(=O)c3cc4cc(Cl)ccc4[nH]3)c2)cc1. The Morgan fingerprint density at radius 3 is 2.38 bits per heavy atom. The highest BCUT2D eigenvalue weighted by Gasteiger charge is 2.17. The lowest BCUT2D eigenvalue weighted by atomic mass is 10.2. The minimum absolute atomic E-state index is 0.0429. The molecule has 0 radical (unpaired) electrons. The number of aromatic amines is 1. The van der Waals surface area contributed by atoms with Gasteiger partial charge in [0.05, 0.1) is 12.0 Å². The number of aromatic nitrogens is 1. The molecule has 0 saturated heterocycles. The predicted molar refractivity (Wildman–Crippen MR) is 128 cm³/mol. The molecule has 3 aromatic carbocycles. The number of hydrogen-bond acceptors (Lipinski definition) is 5. The molecule has 0 fully saturated rings. The summed E-state index contributed by atoms with van der Waals surface area (Å²) >= 11 is 5.96. The topological polar surface area (TPSA) is 129 Å². The molecule has 1 heterocycles. The van der Waals surface area contributed by atoms with E-state index in [1.54, 1.807) is 48.5 Å². The number of H-pyrrole nitrogens is 1. The number of ether oxygens (including phenoxy) is 1. The van der Waals surface area contributed by atoms with Crippen LogP contribution < -0.4 is 20.3 Å². The Hall–Kier alpha value is -4.02. The van der Waals surface area contributed by atoms with E-state index in [1.165, 1.54) is 31.4 Å². The normalized spacial score (nSPS) is 11.1. The van der Waals surface area contributed by atoms with Gasteiger partial charge in [-0.05, 0) is 66.7 Å². The second-order valence-corrected chi connectivity index (χ2v) is 9.30. The summed E-state index contributed by atoms with van der Waals surface area (Å²) in [6, 6.07) is 18.5. The lowest BCUT2D eigenvalue weighted by Crippen LogP contribution is -2.41. The van der Waals surface area contributed by atoms with Gasteiger partial charge in [-0.15, -0.1) is 0 Å². The van der Waals surface area contributed by atoms with Crippen molar-refractivity contribution in [3.05, 3.63) is 89.1 Å². The number of hydrogen-bond donors (Lipinski definition) is 4. The van der Waals surface area contributed by atoms with E-state index in [-0.39, 0.29) is 16.2 Å². The van der Waals surface area contributed by atoms with Gasteiger partial charge in [0, 0.05) is 27.2 Å². The molecule has 4 rings (SSSR count). The molecule has 174 valence electrons. The van der Waals surface area contributed by atoms with Crippen LogP contribution in [0.15, 0.2) is 77.7 Å². The van der Waals surface area contributed by atoms with E-state index < -0.39 is 21.8 Å². The number of benzene rings is 3. The van der Waals surface area contributed by atoms with Crippen LogP contribution in [0.3, 0.4) is 0 Å². The summed E-state index contributed by atoms with van der Waals surface area (Å²) in [5.74, 6) is -0.681. The molecule has 1 aromatic heterocycles. The zero-order valence-electron chi connectivity index (χ0n) is 17.8. The van der Waals surface area contributed by atoms with Gasteiger partial charge in [-0.25, -0.2) is 8.42 Å². The Balaban J connectivity index is 1.43.